The van der Waals surface area contributed by atoms with Gasteiger partial charge in [0.15, 0.2) is 5.78 Å². The van der Waals surface area contributed by atoms with Crippen molar-refractivity contribution in [1.82, 2.24) is 0 Å². The number of ketones is 1. The fourth-order valence-electron chi connectivity index (χ4n) is 2.78. The normalized spacial score (nSPS) is 19.1. The Morgan fingerprint density at radius 2 is 2.06 bits per heavy atom. The molecule has 2 aliphatic heterocycles. The minimum absolute atomic E-state index is 0.276. The number of hydrogen-bond acceptors (Lipinski definition) is 3. The molecule has 0 aliphatic carbocycles. The van der Waals surface area contributed by atoms with Gasteiger partial charge in [-0.1, -0.05) is 0 Å². The number of rotatable bonds is 0. The first-order valence-corrected chi connectivity index (χ1v) is 5.99. The zero-order valence-electron chi connectivity index (χ0n) is 9.86. The highest BCUT2D eigenvalue weighted by Crippen LogP contribution is 2.38. The first-order valence-electron chi connectivity index (χ1n) is 5.99. The highest BCUT2D eigenvalue weighted by atomic mass is 16.3. The second kappa shape index (κ2) is 3.62. The van der Waals surface area contributed by atoms with Gasteiger partial charge in [0.25, 0.3) is 0 Å². The Hall–Kier alpha value is -1.77. The Morgan fingerprint density at radius 3 is 2.88 bits per heavy atom. The summed E-state index contributed by atoms with van der Waals surface area (Å²) in [6.45, 7) is 2.69. The molecule has 3 heteroatoms. The van der Waals surface area contributed by atoms with Gasteiger partial charge in [0, 0.05) is 29.9 Å². The van der Waals surface area contributed by atoms with Crippen LogP contribution in [0, 0.1) is 0 Å². The van der Waals surface area contributed by atoms with Crippen molar-refractivity contribution in [2.75, 3.05) is 11.4 Å². The van der Waals surface area contributed by atoms with Gasteiger partial charge in [-0.05, 0) is 43.5 Å². The van der Waals surface area contributed by atoms with Crippen LogP contribution in [0.4, 0.5) is 5.69 Å². The van der Waals surface area contributed by atoms with Crippen LogP contribution in [-0.2, 0) is 11.2 Å². The second-order valence-electron chi connectivity index (χ2n) is 4.71. The smallest absolute Gasteiger partial charge is 0.162 e. The Bertz CT molecular complexity index is 531. The third-order valence-electron chi connectivity index (χ3n) is 3.72. The highest BCUT2D eigenvalue weighted by Gasteiger charge is 2.28. The Kier molecular flexibility index (Phi) is 2.21. The van der Waals surface area contributed by atoms with E-state index in [0.717, 1.165) is 30.6 Å². The molecular formula is C14H15NO2. The number of allylic oxidation sites excluding steroid dienone is 2. The van der Waals surface area contributed by atoms with E-state index in [1.54, 1.807) is 6.07 Å². The maximum Gasteiger partial charge on any atom is 0.162 e. The number of aromatic hydroxyl groups is 1. The van der Waals surface area contributed by atoms with Crippen LogP contribution in [0.5, 0.6) is 5.75 Å². The summed E-state index contributed by atoms with van der Waals surface area (Å²) in [5.74, 6) is 0.597. The summed E-state index contributed by atoms with van der Waals surface area (Å²) >= 11 is 0. The lowest BCUT2D eigenvalue weighted by molar-refractivity contribution is -0.115. The molecular weight excluding hydrogens is 214 g/mol. The van der Waals surface area contributed by atoms with Crippen LogP contribution in [0.25, 0.3) is 0 Å². The molecule has 88 valence electrons. The van der Waals surface area contributed by atoms with Crippen molar-refractivity contribution in [3.8, 4) is 5.75 Å². The number of benzene rings is 1. The molecule has 2 aliphatic rings. The molecule has 3 rings (SSSR count). The minimum atomic E-state index is 0.276. The van der Waals surface area contributed by atoms with E-state index in [1.165, 1.54) is 11.3 Å². The number of carbonyl (C=O) groups is 1. The average Bonchev–Trinajstić information content (AvgIpc) is 2.33. The number of fused-ring (bicyclic) bond motifs is 3. The summed E-state index contributed by atoms with van der Waals surface area (Å²) in [4.78, 5) is 13.9. The van der Waals surface area contributed by atoms with E-state index in [1.807, 2.05) is 19.1 Å². The standard InChI is InChI=1S/C14H15NO2/c1-9-12-4-2-10-8-11(16)3-5-13(10)15(12)7-6-14(9)17/h3,5,8,16H,2,4,6-7H2,1H3. The summed E-state index contributed by atoms with van der Waals surface area (Å²) in [7, 11) is 0. The molecule has 2 heterocycles. The fraction of sp³-hybridized carbons (Fsp3) is 0.357. The lowest BCUT2D eigenvalue weighted by Crippen LogP contribution is -2.35. The lowest BCUT2D eigenvalue weighted by Gasteiger charge is -2.37. The summed E-state index contributed by atoms with van der Waals surface area (Å²) in [5, 5.41) is 9.49. The van der Waals surface area contributed by atoms with Crippen LogP contribution in [0.3, 0.4) is 0 Å². The van der Waals surface area contributed by atoms with E-state index in [-0.39, 0.29) is 5.78 Å². The number of nitrogens with zero attached hydrogens (tertiary/aromatic N) is 1. The van der Waals surface area contributed by atoms with Crippen LogP contribution in [0.2, 0.25) is 0 Å². The number of hydrogen-bond donors (Lipinski definition) is 1. The largest absolute Gasteiger partial charge is 0.508 e. The number of aryl methyl sites for hydroxylation is 1. The zero-order chi connectivity index (χ0) is 12.0. The van der Waals surface area contributed by atoms with Crippen molar-refractivity contribution in [2.45, 2.75) is 26.2 Å². The summed E-state index contributed by atoms with van der Waals surface area (Å²) < 4.78 is 0. The third kappa shape index (κ3) is 1.54. The first-order chi connectivity index (χ1) is 8.16. The maximum atomic E-state index is 11.7. The molecule has 0 radical (unpaired) electrons. The van der Waals surface area contributed by atoms with Crippen molar-refractivity contribution < 1.29 is 9.90 Å². The van der Waals surface area contributed by atoms with E-state index < -0.39 is 0 Å². The third-order valence-corrected chi connectivity index (χ3v) is 3.72. The molecule has 0 unspecified atom stereocenters. The van der Waals surface area contributed by atoms with Crippen molar-refractivity contribution >= 4 is 11.5 Å². The molecule has 1 aromatic carbocycles. The lowest BCUT2D eigenvalue weighted by atomic mass is 9.91. The van der Waals surface area contributed by atoms with Crippen LogP contribution in [0.1, 0.15) is 25.3 Å². The van der Waals surface area contributed by atoms with Gasteiger partial charge in [-0.2, -0.15) is 0 Å². The quantitative estimate of drug-likeness (QED) is 0.742. The van der Waals surface area contributed by atoms with Crippen LogP contribution in [0.15, 0.2) is 29.5 Å². The predicted octanol–water partition coefficient (Wildman–Crippen LogP) is 2.39. The summed E-state index contributed by atoms with van der Waals surface area (Å²) in [6, 6.07) is 5.50. The SMILES string of the molecule is CC1=C2CCc3cc(O)ccc3N2CCC1=O. The molecule has 1 N–H and O–H groups in total. The molecule has 0 amide bonds. The Labute approximate surface area is 100 Å². The van der Waals surface area contributed by atoms with Crippen molar-refractivity contribution in [2.24, 2.45) is 0 Å². The van der Waals surface area contributed by atoms with E-state index in [2.05, 4.69) is 4.90 Å². The Balaban J connectivity index is 2.12. The van der Waals surface area contributed by atoms with E-state index in [9.17, 15) is 9.90 Å². The van der Waals surface area contributed by atoms with Gasteiger partial charge < -0.3 is 10.0 Å². The predicted molar refractivity (Wildman–Crippen MR) is 66.1 cm³/mol. The molecule has 17 heavy (non-hydrogen) atoms. The zero-order valence-corrected chi connectivity index (χ0v) is 9.86. The van der Waals surface area contributed by atoms with Crippen molar-refractivity contribution in [1.29, 1.82) is 0 Å². The van der Waals surface area contributed by atoms with Crippen molar-refractivity contribution in [3.63, 3.8) is 0 Å². The van der Waals surface area contributed by atoms with Crippen LogP contribution in [-0.4, -0.2) is 17.4 Å². The summed E-state index contributed by atoms with van der Waals surface area (Å²) in [5.41, 5.74) is 4.40. The van der Waals surface area contributed by atoms with E-state index >= 15 is 0 Å². The van der Waals surface area contributed by atoms with Crippen molar-refractivity contribution in [3.05, 3.63) is 35.0 Å². The van der Waals surface area contributed by atoms with Gasteiger partial charge in [-0.25, -0.2) is 0 Å². The molecule has 0 spiro atoms. The number of anilines is 1. The molecule has 0 fully saturated rings. The second-order valence-corrected chi connectivity index (χ2v) is 4.71. The van der Waals surface area contributed by atoms with Gasteiger partial charge in [-0.15, -0.1) is 0 Å². The van der Waals surface area contributed by atoms with Gasteiger partial charge in [-0.3, -0.25) is 4.79 Å². The Morgan fingerprint density at radius 1 is 1.24 bits per heavy atom. The van der Waals surface area contributed by atoms with Gasteiger partial charge in [0.2, 0.25) is 0 Å². The molecule has 0 saturated carbocycles. The highest BCUT2D eigenvalue weighted by molar-refractivity contribution is 5.98. The van der Waals surface area contributed by atoms with Gasteiger partial charge >= 0.3 is 0 Å². The summed E-state index contributed by atoms with van der Waals surface area (Å²) in [6.07, 6.45) is 2.39. The molecule has 0 atom stereocenters. The fourth-order valence-corrected chi connectivity index (χ4v) is 2.78. The first kappa shape index (κ1) is 10.4. The molecule has 0 aromatic heterocycles. The number of Topliss-reactive ketones (excluding diaryl/α,β-unsaturated/α-hetero) is 1. The van der Waals surface area contributed by atoms with E-state index in [0.29, 0.717) is 12.2 Å². The molecule has 0 saturated heterocycles. The molecule has 1 aromatic rings. The number of carbonyl (C=O) groups excluding carboxylic acids is 1. The van der Waals surface area contributed by atoms with Gasteiger partial charge in [0.1, 0.15) is 5.75 Å². The van der Waals surface area contributed by atoms with Gasteiger partial charge in [0.05, 0.1) is 0 Å². The van der Waals surface area contributed by atoms with E-state index in [4.69, 9.17) is 0 Å². The number of phenols is 1. The minimum Gasteiger partial charge on any atom is -0.508 e. The van der Waals surface area contributed by atoms with Crippen LogP contribution < -0.4 is 4.90 Å². The molecule has 3 nitrogen and oxygen atoms in total. The van der Waals surface area contributed by atoms with Crippen LogP contribution >= 0.6 is 0 Å². The maximum absolute atomic E-state index is 11.7. The monoisotopic (exact) mass is 229 g/mol. The average molecular weight is 229 g/mol. The topological polar surface area (TPSA) is 40.5 Å². The molecule has 0 bridgehead atoms. The number of phenolic OH excluding ortho intramolecular Hbond substituents is 1.